The summed E-state index contributed by atoms with van der Waals surface area (Å²) in [7, 11) is -5.60. The Bertz CT molecular complexity index is 312. The topological polar surface area (TPSA) is 46.6 Å². The molecule has 15 heavy (non-hydrogen) atoms. The second-order valence-corrected chi connectivity index (χ2v) is 4.63. The minimum Gasteiger partial charge on any atom is -0.202 e. The van der Waals surface area contributed by atoms with Crippen LogP contribution in [0.5, 0.6) is 0 Å². The van der Waals surface area contributed by atoms with Crippen LogP contribution in [0, 0.1) is 0 Å². The third kappa shape index (κ3) is 2.58. The van der Waals surface area contributed by atoms with Crippen LogP contribution in [0.1, 0.15) is 12.8 Å². The summed E-state index contributed by atoms with van der Waals surface area (Å²) in [5, 5.41) is -4.43. The van der Waals surface area contributed by atoms with E-state index in [0.29, 0.717) is 12.8 Å². The van der Waals surface area contributed by atoms with E-state index in [0.717, 1.165) is 5.06 Å². The van der Waals surface area contributed by atoms with Gasteiger partial charge < -0.3 is 0 Å². The molecule has 0 aromatic rings. The molecule has 0 spiro atoms. The zero-order chi connectivity index (χ0) is 11.7. The molecule has 0 aliphatic carbocycles. The molecule has 1 aliphatic rings. The van der Waals surface area contributed by atoms with E-state index in [4.69, 9.17) is 0 Å². The Morgan fingerprint density at radius 2 is 1.67 bits per heavy atom. The summed E-state index contributed by atoms with van der Waals surface area (Å²) < 4.78 is 73.9. The van der Waals surface area contributed by atoms with Gasteiger partial charge in [0.2, 0.25) is 0 Å². The van der Waals surface area contributed by atoms with E-state index in [2.05, 4.69) is 4.28 Å². The second kappa shape index (κ2) is 4.22. The van der Waals surface area contributed by atoms with Gasteiger partial charge in [-0.2, -0.15) is 26.5 Å². The summed E-state index contributed by atoms with van der Waals surface area (Å²) in [5.74, 6) is 0. The van der Waals surface area contributed by atoms with Gasteiger partial charge in [-0.3, -0.25) is 0 Å². The lowest BCUT2D eigenvalue weighted by molar-refractivity contribution is -0.0963. The number of hydrogen-bond acceptors (Lipinski definition) is 4. The monoisotopic (exact) mass is 251 g/mol. The standard InChI is InChI=1S/C6H9F4NO3S/c7-5(8)6(9,10)15(12,13)14-11-3-1-2-4-11/h5H,1-4H2. The number of nitrogens with zero attached hydrogens (tertiary/aromatic N) is 1. The molecule has 1 aliphatic heterocycles. The third-order valence-corrected chi connectivity index (χ3v) is 3.11. The van der Waals surface area contributed by atoms with Crippen LogP contribution < -0.4 is 0 Å². The Kier molecular flexibility index (Phi) is 3.56. The average Bonchev–Trinajstić information content (AvgIpc) is 2.55. The summed E-state index contributed by atoms with van der Waals surface area (Å²) >= 11 is 0. The van der Waals surface area contributed by atoms with Crippen molar-refractivity contribution in [2.24, 2.45) is 0 Å². The van der Waals surface area contributed by atoms with Crippen LogP contribution in [-0.2, 0) is 14.4 Å². The molecule has 0 radical (unpaired) electrons. The Hall–Kier alpha value is -0.410. The molecule has 1 rings (SSSR count). The van der Waals surface area contributed by atoms with Crippen molar-refractivity contribution in [1.82, 2.24) is 5.06 Å². The molecule has 0 bridgehead atoms. The molecule has 1 heterocycles. The highest BCUT2D eigenvalue weighted by Crippen LogP contribution is 2.31. The zero-order valence-corrected chi connectivity index (χ0v) is 8.31. The lowest BCUT2D eigenvalue weighted by Crippen LogP contribution is -2.41. The van der Waals surface area contributed by atoms with Gasteiger partial charge in [-0.15, -0.1) is 0 Å². The molecule has 0 aromatic carbocycles. The Labute approximate surface area is 83.9 Å². The van der Waals surface area contributed by atoms with Gasteiger partial charge in [0.15, 0.2) is 0 Å². The largest absolute Gasteiger partial charge is 0.430 e. The molecule has 0 amide bonds. The summed E-state index contributed by atoms with van der Waals surface area (Å²) in [6, 6.07) is 0. The summed E-state index contributed by atoms with van der Waals surface area (Å²) in [6.07, 6.45) is -3.14. The summed E-state index contributed by atoms with van der Waals surface area (Å²) in [4.78, 5) is 0. The van der Waals surface area contributed by atoms with E-state index in [1.165, 1.54) is 0 Å². The number of halogens is 4. The molecule has 0 unspecified atom stereocenters. The minimum atomic E-state index is -5.60. The van der Waals surface area contributed by atoms with Gasteiger partial charge in [0, 0.05) is 13.1 Å². The van der Waals surface area contributed by atoms with E-state index in [1.54, 1.807) is 0 Å². The van der Waals surface area contributed by atoms with Crippen LogP contribution in [0.3, 0.4) is 0 Å². The Balaban J connectivity index is 2.73. The molecule has 1 saturated heterocycles. The fourth-order valence-electron chi connectivity index (χ4n) is 1.06. The van der Waals surface area contributed by atoms with E-state index in [-0.39, 0.29) is 13.1 Å². The Morgan fingerprint density at radius 3 is 2.07 bits per heavy atom. The lowest BCUT2D eigenvalue weighted by Gasteiger charge is -2.19. The predicted octanol–water partition coefficient (Wildman–Crippen LogP) is 1.20. The van der Waals surface area contributed by atoms with Crippen molar-refractivity contribution in [3.05, 3.63) is 0 Å². The summed E-state index contributed by atoms with van der Waals surface area (Å²) in [5.41, 5.74) is 0. The van der Waals surface area contributed by atoms with Gasteiger partial charge >= 0.3 is 21.8 Å². The van der Waals surface area contributed by atoms with E-state index in [9.17, 15) is 26.0 Å². The first-order valence-electron chi connectivity index (χ1n) is 4.12. The van der Waals surface area contributed by atoms with Crippen molar-refractivity contribution >= 4 is 10.1 Å². The minimum absolute atomic E-state index is 0.137. The van der Waals surface area contributed by atoms with Crippen molar-refractivity contribution in [3.8, 4) is 0 Å². The predicted molar refractivity (Wildman–Crippen MR) is 41.8 cm³/mol. The molecular weight excluding hydrogens is 242 g/mol. The molecule has 1 fully saturated rings. The van der Waals surface area contributed by atoms with Gasteiger partial charge in [0.1, 0.15) is 0 Å². The fraction of sp³-hybridized carbons (Fsp3) is 1.00. The van der Waals surface area contributed by atoms with Crippen LogP contribution in [0.2, 0.25) is 0 Å². The maximum absolute atomic E-state index is 12.5. The summed E-state index contributed by atoms with van der Waals surface area (Å²) in [6.45, 7) is 0.275. The van der Waals surface area contributed by atoms with E-state index >= 15 is 0 Å². The van der Waals surface area contributed by atoms with Crippen LogP contribution >= 0.6 is 0 Å². The van der Waals surface area contributed by atoms with Crippen molar-refractivity contribution in [2.75, 3.05) is 13.1 Å². The highest BCUT2D eigenvalue weighted by atomic mass is 32.2. The molecular formula is C6H9F4NO3S. The van der Waals surface area contributed by atoms with Crippen LogP contribution in [-0.4, -0.2) is 38.3 Å². The molecule has 0 N–H and O–H groups in total. The molecule has 90 valence electrons. The second-order valence-electron chi connectivity index (χ2n) is 3.03. The Morgan fingerprint density at radius 1 is 1.20 bits per heavy atom. The maximum atomic E-state index is 12.5. The van der Waals surface area contributed by atoms with Gasteiger partial charge in [0.25, 0.3) is 0 Å². The van der Waals surface area contributed by atoms with Crippen molar-refractivity contribution in [1.29, 1.82) is 0 Å². The number of alkyl halides is 4. The van der Waals surface area contributed by atoms with Crippen molar-refractivity contribution in [2.45, 2.75) is 24.5 Å². The first kappa shape index (κ1) is 12.7. The molecule has 4 nitrogen and oxygen atoms in total. The number of rotatable bonds is 4. The van der Waals surface area contributed by atoms with Gasteiger partial charge in [-0.05, 0) is 12.8 Å². The average molecular weight is 251 g/mol. The van der Waals surface area contributed by atoms with E-state index < -0.39 is 21.8 Å². The molecule has 0 atom stereocenters. The quantitative estimate of drug-likeness (QED) is 0.704. The van der Waals surface area contributed by atoms with E-state index in [1.807, 2.05) is 0 Å². The van der Waals surface area contributed by atoms with Gasteiger partial charge in [-0.25, -0.2) is 8.78 Å². The SMILES string of the molecule is O=S(=O)(ON1CCCC1)C(F)(F)C(F)F. The van der Waals surface area contributed by atoms with Crippen molar-refractivity contribution in [3.63, 3.8) is 0 Å². The number of hydrogen-bond donors (Lipinski definition) is 0. The normalized spacial score (nSPS) is 20.1. The number of hydroxylamine groups is 2. The van der Waals surface area contributed by atoms with Gasteiger partial charge in [0.05, 0.1) is 0 Å². The highest BCUT2D eigenvalue weighted by Gasteiger charge is 2.56. The van der Waals surface area contributed by atoms with Crippen molar-refractivity contribution < 1.29 is 30.3 Å². The smallest absolute Gasteiger partial charge is 0.202 e. The first-order chi connectivity index (χ1) is 6.77. The first-order valence-corrected chi connectivity index (χ1v) is 5.53. The molecule has 0 aromatic heterocycles. The molecule has 9 heteroatoms. The highest BCUT2D eigenvalue weighted by molar-refractivity contribution is 7.87. The molecule has 0 saturated carbocycles. The van der Waals surface area contributed by atoms with Crippen LogP contribution in [0.15, 0.2) is 0 Å². The zero-order valence-electron chi connectivity index (χ0n) is 7.50. The fourth-order valence-corrected chi connectivity index (χ4v) is 1.80. The lowest BCUT2D eigenvalue weighted by atomic mass is 10.4. The van der Waals surface area contributed by atoms with Gasteiger partial charge in [-0.1, -0.05) is 0 Å². The van der Waals surface area contributed by atoms with Crippen LogP contribution in [0.4, 0.5) is 17.6 Å². The third-order valence-electron chi connectivity index (χ3n) is 1.86. The van der Waals surface area contributed by atoms with Crippen LogP contribution in [0.25, 0.3) is 0 Å². The maximum Gasteiger partial charge on any atom is 0.430 e.